The number of ketones is 1. The first-order chi connectivity index (χ1) is 14.6. The van der Waals surface area contributed by atoms with Crippen LogP contribution in [0.3, 0.4) is 0 Å². The van der Waals surface area contributed by atoms with Gasteiger partial charge in [-0.05, 0) is 27.8 Å². The van der Waals surface area contributed by atoms with Gasteiger partial charge in [0.1, 0.15) is 6.04 Å². The largest absolute Gasteiger partial charge is 0.468 e. The van der Waals surface area contributed by atoms with Crippen molar-refractivity contribution in [1.29, 1.82) is 0 Å². The van der Waals surface area contributed by atoms with E-state index in [2.05, 4.69) is 0 Å². The number of carbonyl (C=O) groups is 2. The molecule has 0 saturated carbocycles. The molecule has 150 valence electrons. The van der Waals surface area contributed by atoms with E-state index in [-0.39, 0.29) is 6.54 Å². The maximum atomic E-state index is 15.1. The van der Waals surface area contributed by atoms with E-state index < -0.39 is 29.5 Å². The second-order valence-corrected chi connectivity index (χ2v) is 7.63. The van der Waals surface area contributed by atoms with Gasteiger partial charge in [0, 0.05) is 0 Å². The monoisotopic (exact) mass is 401 g/mol. The molecule has 1 fully saturated rings. The lowest BCUT2D eigenvalue weighted by molar-refractivity contribution is -0.149. The SMILES string of the molecule is COC(=O)C1C(F)C(=O)CN1C1(c2ccccc2)c2ccccc2-c2ccccc21. The van der Waals surface area contributed by atoms with Gasteiger partial charge in [-0.1, -0.05) is 78.9 Å². The minimum absolute atomic E-state index is 0.182. The molecule has 2 aliphatic rings. The lowest BCUT2D eigenvalue weighted by Crippen LogP contribution is -2.53. The Morgan fingerprint density at radius 2 is 1.47 bits per heavy atom. The zero-order valence-corrected chi connectivity index (χ0v) is 16.4. The number of likely N-dealkylation sites (tertiary alicyclic amines) is 1. The second kappa shape index (κ2) is 6.89. The molecular formula is C25H20FNO3. The number of methoxy groups -OCH3 is 1. The zero-order chi connectivity index (χ0) is 20.9. The predicted octanol–water partition coefficient (Wildman–Crippen LogP) is 3.72. The number of hydrogen-bond donors (Lipinski definition) is 0. The highest BCUT2D eigenvalue weighted by molar-refractivity contribution is 5.96. The van der Waals surface area contributed by atoms with Gasteiger partial charge in [0.25, 0.3) is 0 Å². The van der Waals surface area contributed by atoms with E-state index in [1.807, 2.05) is 78.9 Å². The van der Waals surface area contributed by atoms with Crippen molar-refractivity contribution in [3.8, 4) is 11.1 Å². The normalized spacial score (nSPS) is 21.9. The van der Waals surface area contributed by atoms with Crippen LogP contribution >= 0.6 is 0 Å². The lowest BCUT2D eigenvalue weighted by atomic mass is 9.78. The summed E-state index contributed by atoms with van der Waals surface area (Å²) in [6.07, 6.45) is -1.93. The van der Waals surface area contributed by atoms with Gasteiger partial charge in [0.15, 0.2) is 12.0 Å². The fourth-order valence-corrected chi connectivity index (χ4v) is 5.06. The highest BCUT2D eigenvalue weighted by atomic mass is 19.1. The van der Waals surface area contributed by atoms with Gasteiger partial charge in [0.2, 0.25) is 0 Å². The number of esters is 1. The van der Waals surface area contributed by atoms with Crippen molar-refractivity contribution in [2.75, 3.05) is 13.7 Å². The average molecular weight is 401 g/mol. The Labute approximate surface area is 173 Å². The van der Waals surface area contributed by atoms with E-state index in [9.17, 15) is 9.59 Å². The molecule has 1 aliphatic heterocycles. The number of hydrogen-bond acceptors (Lipinski definition) is 4. The van der Waals surface area contributed by atoms with Crippen molar-refractivity contribution in [1.82, 2.24) is 4.90 Å². The van der Waals surface area contributed by atoms with Crippen LogP contribution in [0.15, 0.2) is 78.9 Å². The number of halogens is 1. The van der Waals surface area contributed by atoms with Crippen molar-refractivity contribution < 1.29 is 18.7 Å². The molecule has 3 aromatic carbocycles. The number of carbonyl (C=O) groups excluding carboxylic acids is 2. The molecule has 3 aromatic rings. The Balaban J connectivity index is 1.88. The number of rotatable bonds is 3. The molecule has 2 atom stereocenters. The van der Waals surface area contributed by atoms with Crippen molar-refractivity contribution in [2.45, 2.75) is 17.8 Å². The number of nitrogens with zero attached hydrogens (tertiary/aromatic N) is 1. The molecule has 0 N–H and O–H groups in total. The molecule has 0 amide bonds. The predicted molar refractivity (Wildman–Crippen MR) is 111 cm³/mol. The number of ether oxygens (including phenoxy) is 1. The van der Waals surface area contributed by atoms with Crippen molar-refractivity contribution >= 4 is 11.8 Å². The molecule has 1 aliphatic carbocycles. The maximum Gasteiger partial charge on any atom is 0.326 e. The minimum atomic E-state index is -1.93. The third kappa shape index (κ3) is 2.36. The topological polar surface area (TPSA) is 46.6 Å². The van der Waals surface area contributed by atoms with Crippen molar-refractivity contribution in [3.05, 3.63) is 95.6 Å². The molecule has 2 unspecified atom stereocenters. The number of fused-ring (bicyclic) bond motifs is 3. The first-order valence-corrected chi connectivity index (χ1v) is 9.87. The molecule has 1 saturated heterocycles. The van der Waals surface area contributed by atoms with E-state index >= 15 is 4.39 Å². The highest BCUT2D eigenvalue weighted by Crippen LogP contribution is 2.55. The van der Waals surface area contributed by atoms with E-state index in [0.29, 0.717) is 0 Å². The Morgan fingerprint density at radius 3 is 2.03 bits per heavy atom. The van der Waals surface area contributed by atoms with Crippen LogP contribution in [0.4, 0.5) is 4.39 Å². The first-order valence-electron chi connectivity index (χ1n) is 9.87. The van der Waals surface area contributed by atoms with E-state index in [4.69, 9.17) is 4.74 Å². The number of alkyl halides is 1. The number of Topliss-reactive ketones (excluding diaryl/α,β-unsaturated/α-hetero) is 1. The van der Waals surface area contributed by atoms with Gasteiger partial charge >= 0.3 is 5.97 Å². The molecule has 0 aromatic heterocycles. The van der Waals surface area contributed by atoms with Crippen LogP contribution in [0.5, 0.6) is 0 Å². The van der Waals surface area contributed by atoms with Crippen LogP contribution in [-0.2, 0) is 19.9 Å². The molecule has 30 heavy (non-hydrogen) atoms. The van der Waals surface area contributed by atoms with Crippen LogP contribution in [0.2, 0.25) is 0 Å². The summed E-state index contributed by atoms with van der Waals surface area (Å²) < 4.78 is 20.0. The quantitative estimate of drug-likeness (QED) is 0.628. The standard InChI is InChI=1S/C25H20FNO3/c1-30-24(29)23-22(26)21(28)15-27(23)25(16-9-3-2-4-10-16)19-13-7-5-11-17(19)18-12-6-8-14-20(18)25/h2-14,22-23H,15H2,1H3. The molecular weight excluding hydrogens is 381 g/mol. The summed E-state index contributed by atoms with van der Waals surface area (Å²) in [5.41, 5.74) is 3.76. The van der Waals surface area contributed by atoms with Crippen LogP contribution in [0, 0.1) is 0 Å². The van der Waals surface area contributed by atoms with Crippen LogP contribution in [0.25, 0.3) is 11.1 Å². The summed E-state index contributed by atoms with van der Waals surface area (Å²) >= 11 is 0. The van der Waals surface area contributed by atoms with Crippen LogP contribution < -0.4 is 0 Å². The van der Waals surface area contributed by atoms with E-state index in [0.717, 1.165) is 27.8 Å². The molecule has 1 heterocycles. The lowest BCUT2D eigenvalue weighted by Gasteiger charge is -2.43. The Morgan fingerprint density at radius 1 is 0.933 bits per heavy atom. The van der Waals surface area contributed by atoms with Crippen molar-refractivity contribution in [3.63, 3.8) is 0 Å². The van der Waals surface area contributed by atoms with Gasteiger partial charge in [-0.15, -0.1) is 0 Å². The Hall–Kier alpha value is -3.31. The summed E-state index contributed by atoms with van der Waals surface area (Å²) in [5.74, 6) is -1.35. The van der Waals surface area contributed by atoms with Gasteiger partial charge < -0.3 is 4.74 Å². The minimum Gasteiger partial charge on any atom is -0.468 e. The molecule has 4 nitrogen and oxygen atoms in total. The number of benzene rings is 3. The van der Waals surface area contributed by atoms with Crippen molar-refractivity contribution in [2.24, 2.45) is 0 Å². The Kier molecular flexibility index (Phi) is 4.29. The van der Waals surface area contributed by atoms with Crippen LogP contribution in [-0.4, -0.2) is 42.5 Å². The van der Waals surface area contributed by atoms with Gasteiger partial charge in [-0.2, -0.15) is 0 Å². The first kappa shape index (κ1) is 18.7. The fourth-order valence-electron chi connectivity index (χ4n) is 5.06. The molecule has 5 rings (SSSR count). The second-order valence-electron chi connectivity index (χ2n) is 7.63. The average Bonchev–Trinajstić information content (AvgIpc) is 3.26. The summed E-state index contributed by atoms with van der Waals surface area (Å²) in [6.45, 7) is -0.182. The maximum absolute atomic E-state index is 15.1. The van der Waals surface area contributed by atoms with E-state index in [1.54, 1.807) is 4.90 Å². The smallest absolute Gasteiger partial charge is 0.326 e. The van der Waals surface area contributed by atoms with Crippen LogP contribution in [0.1, 0.15) is 16.7 Å². The fraction of sp³-hybridized carbons (Fsp3) is 0.200. The molecule has 0 radical (unpaired) electrons. The third-order valence-corrected chi connectivity index (χ3v) is 6.24. The summed E-state index contributed by atoms with van der Waals surface area (Å²) in [4.78, 5) is 26.9. The zero-order valence-electron chi connectivity index (χ0n) is 16.4. The molecule has 5 heteroatoms. The highest BCUT2D eigenvalue weighted by Gasteiger charge is 2.59. The van der Waals surface area contributed by atoms with E-state index in [1.165, 1.54) is 7.11 Å². The Bertz CT molecular complexity index is 1100. The summed E-state index contributed by atoms with van der Waals surface area (Å²) in [7, 11) is 1.22. The summed E-state index contributed by atoms with van der Waals surface area (Å²) in [5, 5.41) is 0. The third-order valence-electron chi connectivity index (χ3n) is 6.24. The summed E-state index contributed by atoms with van der Waals surface area (Å²) in [6, 6.07) is 24.2. The molecule has 0 spiro atoms. The molecule has 0 bridgehead atoms. The van der Waals surface area contributed by atoms with Gasteiger partial charge in [0.05, 0.1) is 19.2 Å². The van der Waals surface area contributed by atoms with Gasteiger partial charge in [-0.25, -0.2) is 4.39 Å². The van der Waals surface area contributed by atoms with Gasteiger partial charge in [-0.3, -0.25) is 14.5 Å².